The average molecular weight is 374 g/mol. The fraction of sp³-hybridized carbons (Fsp3) is 0.474. The molecule has 27 heavy (non-hydrogen) atoms. The molecule has 3 N–H and O–H groups in total. The van der Waals surface area contributed by atoms with Crippen LogP contribution in [0.3, 0.4) is 0 Å². The number of nitrogens with zero attached hydrogens (tertiary/aromatic N) is 2. The Morgan fingerprint density at radius 2 is 1.96 bits per heavy atom. The van der Waals surface area contributed by atoms with Gasteiger partial charge in [-0.15, -0.1) is 0 Å². The van der Waals surface area contributed by atoms with E-state index in [1.54, 1.807) is 32.0 Å². The van der Waals surface area contributed by atoms with Crippen LogP contribution in [0.1, 0.15) is 36.7 Å². The van der Waals surface area contributed by atoms with Crippen molar-refractivity contribution in [1.82, 2.24) is 9.80 Å². The molecule has 1 aromatic rings. The lowest BCUT2D eigenvalue weighted by atomic mass is 10.1. The summed E-state index contributed by atoms with van der Waals surface area (Å²) >= 11 is 0. The molecule has 1 aromatic carbocycles. The minimum absolute atomic E-state index is 0.122. The molecular weight excluding hydrogens is 348 g/mol. The molecule has 8 heteroatoms. The van der Waals surface area contributed by atoms with Crippen molar-refractivity contribution in [3.8, 4) is 0 Å². The molecule has 1 heterocycles. The van der Waals surface area contributed by atoms with E-state index in [2.05, 4.69) is 5.32 Å². The number of benzene rings is 1. The molecule has 4 amide bonds. The van der Waals surface area contributed by atoms with Crippen LogP contribution in [0.15, 0.2) is 18.2 Å². The molecule has 0 unspecified atom stereocenters. The van der Waals surface area contributed by atoms with Gasteiger partial charge in [-0.25, -0.2) is 0 Å². The Kier molecular flexibility index (Phi) is 6.20. The zero-order chi connectivity index (χ0) is 20.3. The first-order valence-electron chi connectivity index (χ1n) is 8.89. The van der Waals surface area contributed by atoms with Gasteiger partial charge in [0.05, 0.1) is 17.8 Å². The van der Waals surface area contributed by atoms with E-state index in [1.807, 2.05) is 13.8 Å². The zero-order valence-corrected chi connectivity index (χ0v) is 16.1. The summed E-state index contributed by atoms with van der Waals surface area (Å²) in [5.74, 6) is -1.70. The molecule has 146 valence electrons. The Bertz CT molecular complexity index is 775. The summed E-state index contributed by atoms with van der Waals surface area (Å²) in [7, 11) is 0. The molecule has 8 nitrogen and oxygen atoms in total. The Morgan fingerprint density at radius 1 is 1.30 bits per heavy atom. The second-order valence-corrected chi connectivity index (χ2v) is 7.23. The molecular formula is C19H26N4O4. The SMILES string of the molecule is Cc1cccc2c1NC(=O)[C@H](C)N(CC(=O)N(CC(N)=O)CC(C)C)C2=O. The van der Waals surface area contributed by atoms with E-state index in [0.29, 0.717) is 17.8 Å². The number of aryl methyl sites for hydroxylation is 1. The van der Waals surface area contributed by atoms with Crippen LogP contribution in [0.4, 0.5) is 5.69 Å². The van der Waals surface area contributed by atoms with E-state index in [-0.39, 0.29) is 24.9 Å². The molecule has 0 bridgehead atoms. The summed E-state index contributed by atoms with van der Waals surface area (Å²) < 4.78 is 0. The number of carbonyl (C=O) groups excluding carboxylic acids is 4. The third-order valence-corrected chi connectivity index (χ3v) is 4.45. The lowest BCUT2D eigenvalue weighted by Gasteiger charge is -2.29. The fourth-order valence-corrected chi connectivity index (χ4v) is 3.05. The molecule has 0 fully saturated rings. The first-order chi connectivity index (χ1) is 12.6. The van der Waals surface area contributed by atoms with Crippen LogP contribution >= 0.6 is 0 Å². The number of fused-ring (bicyclic) bond motifs is 1. The van der Waals surface area contributed by atoms with Crippen molar-refractivity contribution in [3.05, 3.63) is 29.3 Å². The number of carbonyl (C=O) groups is 4. The normalized spacial score (nSPS) is 16.6. The van der Waals surface area contributed by atoms with E-state index in [9.17, 15) is 19.2 Å². The number of amides is 4. The van der Waals surface area contributed by atoms with Crippen LogP contribution < -0.4 is 11.1 Å². The second-order valence-electron chi connectivity index (χ2n) is 7.23. The number of rotatable bonds is 6. The molecule has 1 atom stereocenters. The average Bonchev–Trinajstić information content (AvgIpc) is 2.66. The van der Waals surface area contributed by atoms with Crippen molar-refractivity contribution in [2.24, 2.45) is 11.7 Å². The minimum Gasteiger partial charge on any atom is -0.368 e. The van der Waals surface area contributed by atoms with E-state index in [4.69, 9.17) is 5.73 Å². The smallest absolute Gasteiger partial charge is 0.257 e. The van der Waals surface area contributed by atoms with Crippen molar-refractivity contribution in [2.45, 2.75) is 33.7 Å². The number of primary amides is 1. The number of hydrogen-bond donors (Lipinski definition) is 2. The molecule has 0 aromatic heterocycles. The van der Waals surface area contributed by atoms with Crippen molar-refractivity contribution in [2.75, 3.05) is 25.0 Å². The van der Waals surface area contributed by atoms with Crippen molar-refractivity contribution in [1.29, 1.82) is 0 Å². The van der Waals surface area contributed by atoms with Gasteiger partial charge in [0.2, 0.25) is 17.7 Å². The van der Waals surface area contributed by atoms with Gasteiger partial charge < -0.3 is 20.9 Å². The summed E-state index contributed by atoms with van der Waals surface area (Å²) in [6.45, 7) is 6.99. The maximum absolute atomic E-state index is 13.0. The molecule has 0 radical (unpaired) electrons. The number of anilines is 1. The summed E-state index contributed by atoms with van der Waals surface area (Å²) in [5.41, 5.74) is 6.81. The highest BCUT2D eigenvalue weighted by atomic mass is 16.2. The van der Waals surface area contributed by atoms with Gasteiger partial charge in [0.15, 0.2) is 0 Å². The van der Waals surface area contributed by atoms with Crippen molar-refractivity contribution in [3.63, 3.8) is 0 Å². The van der Waals surface area contributed by atoms with Crippen molar-refractivity contribution < 1.29 is 19.2 Å². The number of hydrogen-bond acceptors (Lipinski definition) is 4. The lowest BCUT2D eigenvalue weighted by Crippen LogP contribution is -2.51. The van der Waals surface area contributed by atoms with Crippen molar-refractivity contribution >= 4 is 29.3 Å². The highest BCUT2D eigenvalue weighted by Crippen LogP contribution is 2.26. The highest BCUT2D eigenvalue weighted by Gasteiger charge is 2.35. The third kappa shape index (κ3) is 4.64. The van der Waals surface area contributed by atoms with Crippen LogP contribution in [0, 0.1) is 12.8 Å². The van der Waals surface area contributed by atoms with Gasteiger partial charge in [-0.3, -0.25) is 19.2 Å². The van der Waals surface area contributed by atoms with Gasteiger partial charge in [-0.05, 0) is 31.4 Å². The van der Waals surface area contributed by atoms with Gasteiger partial charge in [0, 0.05) is 6.54 Å². The van der Waals surface area contributed by atoms with Crippen LogP contribution in [-0.4, -0.2) is 59.1 Å². The predicted octanol–water partition coefficient (Wildman–Crippen LogP) is 0.748. The standard InChI is InChI=1S/C19H26N4O4/c1-11(2)8-22(9-15(20)24)16(25)10-23-13(4)18(26)21-17-12(3)6-5-7-14(17)19(23)27/h5-7,11,13H,8-10H2,1-4H3,(H2,20,24)(H,21,26)/t13-/m0/s1. The summed E-state index contributed by atoms with van der Waals surface area (Å²) in [6, 6.07) is 4.32. The molecule has 0 spiro atoms. The van der Waals surface area contributed by atoms with Crippen LogP contribution in [0.25, 0.3) is 0 Å². The fourth-order valence-electron chi connectivity index (χ4n) is 3.05. The maximum atomic E-state index is 13.0. The summed E-state index contributed by atoms with van der Waals surface area (Å²) in [5, 5.41) is 2.77. The maximum Gasteiger partial charge on any atom is 0.257 e. The van der Waals surface area contributed by atoms with Gasteiger partial charge >= 0.3 is 0 Å². The molecule has 0 saturated heterocycles. The van der Waals surface area contributed by atoms with Crippen LogP contribution in [0.5, 0.6) is 0 Å². The first kappa shape index (κ1) is 20.4. The quantitative estimate of drug-likeness (QED) is 0.765. The zero-order valence-electron chi connectivity index (χ0n) is 16.1. The molecule has 1 aliphatic rings. The van der Waals surface area contributed by atoms with Gasteiger partial charge in [0.25, 0.3) is 5.91 Å². The molecule has 0 aliphatic carbocycles. The Balaban J connectivity index is 2.32. The predicted molar refractivity (Wildman–Crippen MR) is 101 cm³/mol. The highest BCUT2D eigenvalue weighted by molar-refractivity contribution is 6.11. The largest absolute Gasteiger partial charge is 0.368 e. The Hall–Kier alpha value is -2.90. The van der Waals surface area contributed by atoms with E-state index in [0.717, 1.165) is 5.56 Å². The number of nitrogens with two attached hydrogens (primary N) is 1. The first-order valence-corrected chi connectivity index (χ1v) is 8.89. The lowest BCUT2D eigenvalue weighted by molar-refractivity contribution is -0.137. The summed E-state index contributed by atoms with van der Waals surface area (Å²) in [6.07, 6.45) is 0. The van der Waals surface area contributed by atoms with E-state index >= 15 is 0 Å². The molecule has 0 saturated carbocycles. The van der Waals surface area contributed by atoms with Gasteiger partial charge in [-0.1, -0.05) is 26.0 Å². The topological polar surface area (TPSA) is 113 Å². The minimum atomic E-state index is -0.831. The molecule has 1 aliphatic heterocycles. The summed E-state index contributed by atoms with van der Waals surface area (Å²) in [4.78, 5) is 52.1. The molecule has 2 rings (SSSR count). The van der Waals surface area contributed by atoms with Crippen LogP contribution in [0.2, 0.25) is 0 Å². The van der Waals surface area contributed by atoms with Crippen LogP contribution in [-0.2, 0) is 14.4 Å². The number of nitrogens with one attached hydrogen (secondary N) is 1. The van der Waals surface area contributed by atoms with E-state index < -0.39 is 23.8 Å². The van der Waals surface area contributed by atoms with E-state index in [1.165, 1.54) is 9.80 Å². The Morgan fingerprint density at radius 3 is 2.56 bits per heavy atom. The Labute approximate surface area is 158 Å². The van der Waals surface area contributed by atoms with Gasteiger partial charge in [-0.2, -0.15) is 0 Å². The van der Waals surface area contributed by atoms with Gasteiger partial charge in [0.1, 0.15) is 12.6 Å². The monoisotopic (exact) mass is 374 g/mol. The number of para-hydroxylation sites is 1. The second kappa shape index (κ2) is 8.20. The third-order valence-electron chi connectivity index (χ3n) is 4.45.